The molecule has 1 unspecified atom stereocenters. The van der Waals surface area contributed by atoms with E-state index in [1.165, 1.54) is 18.4 Å². The molecule has 1 aromatic carbocycles. The Bertz CT molecular complexity index is 386. The fraction of sp³-hybridized carbons (Fsp3) is 0.600. The first-order valence-corrected chi connectivity index (χ1v) is 6.79. The number of nitrogens with zero attached hydrogens (tertiary/aromatic N) is 1. The molecule has 1 aliphatic heterocycles. The van der Waals surface area contributed by atoms with Gasteiger partial charge in [0.05, 0.1) is 0 Å². The van der Waals surface area contributed by atoms with Gasteiger partial charge in [-0.1, -0.05) is 12.1 Å². The second-order valence-electron chi connectivity index (χ2n) is 5.49. The molecule has 0 radical (unpaired) electrons. The van der Waals surface area contributed by atoms with Gasteiger partial charge in [-0.15, -0.1) is 0 Å². The number of hydrogen-bond donors (Lipinski definition) is 1. The number of benzene rings is 1. The van der Waals surface area contributed by atoms with Crippen molar-refractivity contribution in [1.29, 1.82) is 0 Å². The molecule has 1 fully saturated rings. The van der Waals surface area contributed by atoms with Crippen molar-refractivity contribution in [2.45, 2.75) is 26.3 Å². The van der Waals surface area contributed by atoms with Crippen molar-refractivity contribution < 1.29 is 4.39 Å². The van der Waals surface area contributed by atoms with E-state index in [9.17, 15) is 4.39 Å². The summed E-state index contributed by atoms with van der Waals surface area (Å²) in [4.78, 5) is 2.34. The maximum atomic E-state index is 13.2. The van der Waals surface area contributed by atoms with Crippen LogP contribution in [0.15, 0.2) is 18.2 Å². The smallest absolute Gasteiger partial charge is 0.126 e. The minimum Gasteiger partial charge on any atom is -0.316 e. The van der Waals surface area contributed by atoms with E-state index in [0.29, 0.717) is 0 Å². The molecular weight excluding hydrogens is 227 g/mol. The fourth-order valence-corrected chi connectivity index (χ4v) is 2.70. The Morgan fingerprint density at radius 3 is 2.94 bits per heavy atom. The van der Waals surface area contributed by atoms with Crippen molar-refractivity contribution in [1.82, 2.24) is 10.2 Å². The summed E-state index contributed by atoms with van der Waals surface area (Å²) in [6, 6.07) is 5.41. The van der Waals surface area contributed by atoms with Gasteiger partial charge in [0.25, 0.3) is 0 Å². The maximum Gasteiger partial charge on any atom is 0.126 e. The molecule has 0 spiro atoms. The summed E-state index contributed by atoms with van der Waals surface area (Å²) in [5.41, 5.74) is 1.93. The van der Waals surface area contributed by atoms with Crippen LogP contribution < -0.4 is 5.32 Å². The van der Waals surface area contributed by atoms with Crippen LogP contribution in [0.1, 0.15) is 24.0 Å². The van der Waals surface area contributed by atoms with Crippen LogP contribution in [0.5, 0.6) is 0 Å². The molecular formula is C15H23FN2. The zero-order chi connectivity index (χ0) is 13.0. The zero-order valence-corrected chi connectivity index (χ0v) is 11.4. The average molecular weight is 250 g/mol. The highest BCUT2D eigenvalue weighted by molar-refractivity contribution is 5.23. The van der Waals surface area contributed by atoms with Gasteiger partial charge in [-0.05, 0) is 63.0 Å². The van der Waals surface area contributed by atoms with Gasteiger partial charge in [0.2, 0.25) is 0 Å². The van der Waals surface area contributed by atoms with Crippen LogP contribution in [0.25, 0.3) is 0 Å². The van der Waals surface area contributed by atoms with Crippen molar-refractivity contribution >= 4 is 0 Å². The highest BCUT2D eigenvalue weighted by atomic mass is 19.1. The normalized spacial score (nSPS) is 20.3. The lowest BCUT2D eigenvalue weighted by atomic mass is 9.99. The van der Waals surface area contributed by atoms with E-state index in [-0.39, 0.29) is 5.82 Å². The second-order valence-corrected chi connectivity index (χ2v) is 5.49. The Balaban J connectivity index is 1.85. The molecule has 0 bridgehead atoms. The van der Waals surface area contributed by atoms with Crippen molar-refractivity contribution in [2.75, 3.05) is 26.7 Å². The number of hydrogen-bond acceptors (Lipinski definition) is 2. The third kappa shape index (κ3) is 3.79. The predicted molar refractivity (Wildman–Crippen MR) is 73.1 cm³/mol. The van der Waals surface area contributed by atoms with E-state index in [4.69, 9.17) is 0 Å². The molecule has 1 aromatic rings. The lowest BCUT2D eigenvalue weighted by molar-refractivity contribution is 0.237. The quantitative estimate of drug-likeness (QED) is 0.883. The Morgan fingerprint density at radius 1 is 1.44 bits per heavy atom. The molecule has 1 N–H and O–H groups in total. The lowest BCUT2D eigenvalue weighted by Crippen LogP contribution is -2.36. The van der Waals surface area contributed by atoms with Crippen LogP contribution in [-0.2, 0) is 6.54 Å². The highest BCUT2D eigenvalue weighted by Gasteiger charge is 2.15. The second kappa shape index (κ2) is 6.30. The average Bonchev–Trinajstić information content (AvgIpc) is 2.35. The standard InChI is InChI=1S/C15H23FN2/c1-12-8-13(5-6-15(12)16)10-18(2)11-14-4-3-7-17-9-14/h5-6,8,14,17H,3-4,7,9-11H2,1-2H3. The fourth-order valence-electron chi connectivity index (χ4n) is 2.70. The topological polar surface area (TPSA) is 15.3 Å². The van der Waals surface area contributed by atoms with E-state index < -0.39 is 0 Å². The van der Waals surface area contributed by atoms with Gasteiger partial charge in [-0.25, -0.2) is 4.39 Å². The number of nitrogens with one attached hydrogen (secondary N) is 1. The number of rotatable bonds is 4. The Labute approximate surface area is 109 Å². The van der Waals surface area contributed by atoms with E-state index >= 15 is 0 Å². The predicted octanol–water partition coefficient (Wildman–Crippen LogP) is 2.57. The Kier molecular flexibility index (Phi) is 4.72. The van der Waals surface area contributed by atoms with E-state index in [0.717, 1.165) is 37.7 Å². The van der Waals surface area contributed by atoms with Gasteiger partial charge >= 0.3 is 0 Å². The van der Waals surface area contributed by atoms with Crippen LogP contribution >= 0.6 is 0 Å². The van der Waals surface area contributed by atoms with Crippen molar-refractivity contribution in [2.24, 2.45) is 5.92 Å². The molecule has 2 rings (SSSR count). The zero-order valence-electron chi connectivity index (χ0n) is 11.4. The maximum absolute atomic E-state index is 13.2. The summed E-state index contributed by atoms with van der Waals surface area (Å²) >= 11 is 0. The van der Waals surface area contributed by atoms with Crippen LogP contribution in [-0.4, -0.2) is 31.6 Å². The molecule has 0 saturated carbocycles. The van der Waals surface area contributed by atoms with Crippen LogP contribution in [0.2, 0.25) is 0 Å². The number of piperidine rings is 1. The van der Waals surface area contributed by atoms with Crippen LogP contribution in [0.3, 0.4) is 0 Å². The third-order valence-corrected chi connectivity index (χ3v) is 3.64. The molecule has 18 heavy (non-hydrogen) atoms. The van der Waals surface area contributed by atoms with Gasteiger partial charge in [0.15, 0.2) is 0 Å². The summed E-state index contributed by atoms with van der Waals surface area (Å²) in [6.07, 6.45) is 2.61. The lowest BCUT2D eigenvalue weighted by Gasteiger charge is -2.27. The molecule has 1 saturated heterocycles. The summed E-state index contributed by atoms with van der Waals surface area (Å²) in [7, 11) is 2.15. The monoisotopic (exact) mass is 250 g/mol. The molecule has 1 aliphatic rings. The van der Waals surface area contributed by atoms with Crippen molar-refractivity contribution in [3.8, 4) is 0 Å². The van der Waals surface area contributed by atoms with Gasteiger partial charge in [-0.3, -0.25) is 0 Å². The summed E-state index contributed by atoms with van der Waals surface area (Å²) in [6.45, 7) is 6.13. The van der Waals surface area contributed by atoms with Gasteiger partial charge in [-0.2, -0.15) is 0 Å². The molecule has 1 heterocycles. The number of aryl methyl sites for hydroxylation is 1. The van der Waals surface area contributed by atoms with Crippen molar-refractivity contribution in [3.63, 3.8) is 0 Å². The molecule has 0 aromatic heterocycles. The van der Waals surface area contributed by atoms with Gasteiger partial charge in [0.1, 0.15) is 5.82 Å². The first-order chi connectivity index (χ1) is 8.65. The molecule has 1 atom stereocenters. The van der Waals surface area contributed by atoms with E-state index in [2.05, 4.69) is 17.3 Å². The SMILES string of the molecule is Cc1cc(CN(C)CC2CCCNC2)ccc1F. The van der Waals surface area contributed by atoms with Crippen molar-refractivity contribution in [3.05, 3.63) is 35.1 Å². The Morgan fingerprint density at radius 2 is 2.28 bits per heavy atom. The minimum absolute atomic E-state index is 0.113. The van der Waals surface area contributed by atoms with Gasteiger partial charge < -0.3 is 10.2 Å². The molecule has 100 valence electrons. The summed E-state index contributed by atoms with van der Waals surface area (Å²) in [5, 5.41) is 3.44. The van der Waals surface area contributed by atoms with Crippen LogP contribution in [0, 0.1) is 18.7 Å². The van der Waals surface area contributed by atoms with E-state index in [1.807, 2.05) is 19.1 Å². The molecule has 0 aliphatic carbocycles. The Hall–Kier alpha value is -0.930. The molecule has 2 nitrogen and oxygen atoms in total. The first-order valence-electron chi connectivity index (χ1n) is 6.79. The third-order valence-electron chi connectivity index (χ3n) is 3.64. The summed E-state index contributed by atoms with van der Waals surface area (Å²) in [5.74, 6) is 0.642. The van der Waals surface area contributed by atoms with E-state index in [1.54, 1.807) is 6.07 Å². The van der Waals surface area contributed by atoms with Crippen LogP contribution in [0.4, 0.5) is 4.39 Å². The molecule has 3 heteroatoms. The minimum atomic E-state index is -0.113. The summed E-state index contributed by atoms with van der Waals surface area (Å²) < 4.78 is 13.2. The molecule has 0 amide bonds. The largest absolute Gasteiger partial charge is 0.316 e. The first kappa shape index (κ1) is 13.5. The highest BCUT2D eigenvalue weighted by Crippen LogP contribution is 2.14. The van der Waals surface area contributed by atoms with Gasteiger partial charge in [0, 0.05) is 13.1 Å². The number of halogens is 1.